The Kier molecular flexibility index (Phi) is 10.2. The van der Waals surface area contributed by atoms with Crippen LogP contribution in [0.25, 0.3) is 0 Å². The van der Waals surface area contributed by atoms with Gasteiger partial charge in [-0.3, -0.25) is 4.79 Å². The Morgan fingerprint density at radius 1 is 1.02 bits per heavy atom. The molecule has 0 spiro atoms. The van der Waals surface area contributed by atoms with Crippen molar-refractivity contribution in [2.24, 2.45) is 0 Å². The number of rotatable bonds is 13. The molecule has 10 heteroatoms. The molecule has 1 fully saturated rings. The van der Waals surface area contributed by atoms with Crippen LogP contribution in [-0.2, 0) is 32.5 Å². The largest absolute Gasteiger partial charge is 0.493 e. The molecule has 216 valence electrons. The summed E-state index contributed by atoms with van der Waals surface area (Å²) in [4.78, 5) is 18.0. The molecule has 0 bridgehead atoms. The summed E-state index contributed by atoms with van der Waals surface area (Å²) in [7, 11) is -0.726. The van der Waals surface area contributed by atoms with Crippen molar-refractivity contribution in [3.63, 3.8) is 0 Å². The Morgan fingerprint density at radius 2 is 1.77 bits per heavy atom. The van der Waals surface area contributed by atoms with Crippen LogP contribution in [0.2, 0.25) is 0 Å². The standard InChI is InChI=1S/C30H38N2O6S2/c1-22-7-12-27(13-8-22)40(34,35)32(19-25-6-5-17-38-25)21-30(33)31(20-26-11-9-23(2)39-26)16-15-24-10-14-28(36-3)29(18-24)37-4/h7-14,18,25H,5-6,15-17,19-21H2,1-4H3. The number of amides is 1. The predicted octanol–water partition coefficient (Wildman–Crippen LogP) is 4.82. The number of carbonyl (C=O) groups is 1. The third-order valence-corrected chi connectivity index (χ3v) is 9.83. The number of sulfonamides is 1. The minimum Gasteiger partial charge on any atom is -0.493 e. The SMILES string of the molecule is COc1ccc(CCN(Cc2ccc(C)s2)C(=O)CN(CC2CCCO2)S(=O)(=O)c2ccc(C)cc2)cc1OC. The zero-order valence-electron chi connectivity index (χ0n) is 23.6. The number of nitrogens with zero attached hydrogens (tertiary/aromatic N) is 2. The van der Waals surface area contributed by atoms with E-state index in [1.807, 2.05) is 44.2 Å². The van der Waals surface area contributed by atoms with E-state index in [1.54, 1.807) is 54.7 Å². The quantitative estimate of drug-likeness (QED) is 0.286. The van der Waals surface area contributed by atoms with Crippen molar-refractivity contribution >= 4 is 27.3 Å². The van der Waals surface area contributed by atoms with Crippen LogP contribution in [0.5, 0.6) is 11.5 Å². The molecular formula is C30H38N2O6S2. The molecule has 0 aliphatic carbocycles. The van der Waals surface area contributed by atoms with E-state index >= 15 is 0 Å². The Morgan fingerprint density at radius 3 is 2.40 bits per heavy atom. The molecule has 8 nitrogen and oxygen atoms in total. The van der Waals surface area contributed by atoms with Gasteiger partial charge in [-0.2, -0.15) is 4.31 Å². The number of hydrogen-bond acceptors (Lipinski definition) is 7. The van der Waals surface area contributed by atoms with Crippen molar-refractivity contribution in [2.75, 3.05) is 40.5 Å². The Balaban J connectivity index is 1.57. The van der Waals surface area contributed by atoms with Gasteiger partial charge in [0.1, 0.15) is 0 Å². The van der Waals surface area contributed by atoms with Crippen LogP contribution in [0.15, 0.2) is 59.5 Å². The zero-order valence-corrected chi connectivity index (χ0v) is 25.2. The van der Waals surface area contributed by atoms with Crippen LogP contribution in [0.4, 0.5) is 0 Å². The van der Waals surface area contributed by atoms with E-state index in [4.69, 9.17) is 14.2 Å². The first kappa shape index (κ1) is 30.0. The molecule has 1 aliphatic rings. The lowest BCUT2D eigenvalue weighted by Crippen LogP contribution is -2.45. The second-order valence-electron chi connectivity index (χ2n) is 10.0. The van der Waals surface area contributed by atoms with Gasteiger partial charge in [0.2, 0.25) is 15.9 Å². The lowest BCUT2D eigenvalue weighted by atomic mass is 10.1. The lowest BCUT2D eigenvalue weighted by Gasteiger charge is -2.28. The second-order valence-corrected chi connectivity index (χ2v) is 13.3. The summed E-state index contributed by atoms with van der Waals surface area (Å²) >= 11 is 1.63. The maximum Gasteiger partial charge on any atom is 0.243 e. The van der Waals surface area contributed by atoms with E-state index in [1.165, 1.54) is 4.31 Å². The maximum atomic E-state index is 13.9. The molecule has 1 aliphatic heterocycles. The molecule has 1 unspecified atom stereocenters. The van der Waals surface area contributed by atoms with E-state index in [-0.39, 0.29) is 30.0 Å². The van der Waals surface area contributed by atoms with Gasteiger partial charge in [0, 0.05) is 29.5 Å². The minimum absolute atomic E-state index is 0.142. The topological polar surface area (TPSA) is 85.4 Å². The van der Waals surface area contributed by atoms with E-state index in [0.717, 1.165) is 33.7 Å². The van der Waals surface area contributed by atoms with Gasteiger partial charge in [0.25, 0.3) is 0 Å². The van der Waals surface area contributed by atoms with Crippen molar-refractivity contribution in [3.05, 3.63) is 75.5 Å². The van der Waals surface area contributed by atoms with Crippen LogP contribution in [0.1, 0.15) is 33.7 Å². The molecule has 40 heavy (non-hydrogen) atoms. The van der Waals surface area contributed by atoms with Gasteiger partial charge in [-0.15, -0.1) is 11.3 Å². The Labute approximate surface area is 241 Å². The molecule has 2 heterocycles. The average molecular weight is 587 g/mol. The van der Waals surface area contributed by atoms with Crippen LogP contribution >= 0.6 is 11.3 Å². The Bertz CT molecular complexity index is 1380. The molecule has 1 atom stereocenters. The lowest BCUT2D eigenvalue weighted by molar-refractivity contribution is -0.132. The summed E-state index contributed by atoms with van der Waals surface area (Å²) in [6.07, 6.45) is 2.00. The van der Waals surface area contributed by atoms with Crippen molar-refractivity contribution in [1.82, 2.24) is 9.21 Å². The maximum absolute atomic E-state index is 13.9. The highest BCUT2D eigenvalue weighted by atomic mass is 32.2. The normalized spacial score (nSPS) is 15.4. The Hall–Kier alpha value is -2.92. The zero-order chi connectivity index (χ0) is 28.7. The molecule has 2 aromatic carbocycles. The average Bonchev–Trinajstić information content (AvgIpc) is 3.62. The molecule has 1 amide bonds. The number of hydrogen-bond donors (Lipinski definition) is 0. The van der Waals surface area contributed by atoms with E-state index in [2.05, 4.69) is 0 Å². The number of benzene rings is 2. The van der Waals surface area contributed by atoms with Gasteiger partial charge in [-0.05, 0) is 75.1 Å². The van der Waals surface area contributed by atoms with E-state index < -0.39 is 10.0 Å². The van der Waals surface area contributed by atoms with Gasteiger partial charge < -0.3 is 19.1 Å². The number of thiophene rings is 1. The van der Waals surface area contributed by atoms with Crippen LogP contribution < -0.4 is 9.47 Å². The van der Waals surface area contributed by atoms with Gasteiger partial charge >= 0.3 is 0 Å². The highest BCUT2D eigenvalue weighted by Crippen LogP contribution is 2.28. The summed E-state index contributed by atoms with van der Waals surface area (Å²) in [5, 5.41) is 0. The van der Waals surface area contributed by atoms with E-state index in [9.17, 15) is 13.2 Å². The molecule has 0 saturated carbocycles. The smallest absolute Gasteiger partial charge is 0.243 e. The van der Waals surface area contributed by atoms with Crippen molar-refractivity contribution in [3.8, 4) is 11.5 Å². The van der Waals surface area contributed by atoms with Crippen LogP contribution in [0, 0.1) is 13.8 Å². The van der Waals surface area contributed by atoms with Crippen molar-refractivity contribution < 1.29 is 27.4 Å². The fraction of sp³-hybridized carbons (Fsp3) is 0.433. The molecule has 3 aromatic rings. The summed E-state index contributed by atoms with van der Waals surface area (Å²) < 4.78 is 45.3. The molecule has 1 saturated heterocycles. The van der Waals surface area contributed by atoms with E-state index in [0.29, 0.717) is 37.6 Å². The van der Waals surface area contributed by atoms with Gasteiger partial charge in [-0.25, -0.2) is 8.42 Å². The first-order chi connectivity index (χ1) is 19.2. The minimum atomic E-state index is -3.91. The first-order valence-electron chi connectivity index (χ1n) is 13.4. The number of methoxy groups -OCH3 is 2. The summed E-state index contributed by atoms with van der Waals surface area (Å²) in [5.41, 5.74) is 1.95. The fourth-order valence-corrected chi connectivity index (χ4v) is 7.05. The van der Waals surface area contributed by atoms with Crippen molar-refractivity contribution in [2.45, 2.75) is 50.7 Å². The summed E-state index contributed by atoms with van der Waals surface area (Å²) in [6, 6.07) is 16.5. The fourth-order valence-electron chi connectivity index (χ4n) is 4.72. The monoisotopic (exact) mass is 586 g/mol. The molecular weight excluding hydrogens is 548 g/mol. The van der Waals surface area contributed by atoms with Crippen LogP contribution in [0.3, 0.4) is 0 Å². The molecule has 1 aromatic heterocycles. The highest BCUT2D eigenvalue weighted by molar-refractivity contribution is 7.89. The molecule has 0 radical (unpaired) electrons. The summed E-state index contributed by atoms with van der Waals surface area (Å²) in [5.74, 6) is 1.01. The van der Waals surface area contributed by atoms with Gasteiger partial charge in [0.05, 0.1) is 38.3 Å². The third-order valence-electron chi connectivity index (χ3n) is 7.02. The van der Waals surface area contributed by atoms with Crippen LogP contribution in [-0.4, -0.2) is 70.1 Å². The number of carbonyl (C=O) groups excluding carboxylic acids is 1. The van der Waals surface area contributed by atoms with Gasteiger partial charge in [0.15, 0.2) is 11.5 Å². The highest BCUT2D eigenvalue weighted by Gasteiger charge is 2.32. The third kappa shape index (κ3) is 7.63. The second kappa shape index (κ2) is 13.6. The summed E-state index contributed by atoms with van der Waals surface area (Å²) in [6.45, 7) is 5.25. The first-order valence-corrected chi connectivity index (χ1v) is 15.7. The predicted molar refractivity (Wildman–Crippen MR) is 157 cm³/mol. The van der Waals surface area contributed by atoms with Gasteiger partial charge in [-0.1, -0.05) is 23.8 Å². The number of ether oxygens (including phenoxy) is 3. The molecule has 0 N–H and O–H groups in total. The molecule has 4 rings (SSSR count). The number of aryl methyl sites for hydroxylation is 2. The van der Waals surface area contributed by atoms with Crippen molar-refractivity contribution in [1.29, 1.82) is 0 Å².